The van der Waals surface area contributed by atoms with Gasteiger partial charge in [0.25, 0.3) is 5.91 Å². The van der Waals surface area contributed by atoms with Gasteiger partial charge >= 0.3 is 0 Å². The average Bonchev–Trinajstić information content (AvgIpc) is 3.29. The number of morpholine rings is 2. The predicted molar refractivity (Wildman–Crippen MR) is 127 cm³/mol. The highest BCUT2D eigenvalue weighted by molar-refractivity contribution is 7.89. The molecule has 33 heavy (non-hydrogen) atoms. The van der Waals surface area contributed by atoms with Crippen LogP contribution in [0.15, 0.2) is 47.4 Å². The molecule has 0 spiro atoms. The number of nitrogens with zero attached hydrogens (tertiary/aromatic N) is 3. The molecule has 2 fully saturated rings. The van der Waals surface area contributed by atoms with E-state index >= 15 is 0 Å². The Kier molecular flexibility index (Phi) is 6.30. The predicted octanol–water partition coefficient (Wildman–Crippen LogP) is 2.41. The van der Waals surface area contributed by atoms with Gasteiger partial charge in [0.2, 0.25) is 10.0 Å². The van der Waals surface area contributed by atoms with E-state index in [4.69, 9.17) is 14.5 Å². The van der Waals surface area contributed by atoms with Crippen LogP contribution in [0.1, 0.15) is 10.4 Å². The fourth-order valence-corrected chi connectivity index (χ4v) is 6.33. The third kappa shape index (κ3) is 4.73. The molecule has 9 nitrogen and oxygen atoms in total. The lowest BCUT2D eigenvalue weighted by molar-refractivity contribution is 0.0730. The zero-order valence-electron chi connectivity index (χ0n) is 17.9. The first-order valence-electron chi connectivity index (χ1n) is 10.7. The van der Waals surface area contributed by atoms with Crippen LogP contribution in [0.3, 0.4) is 0 Å². The molecule has 2 aliphatic heterocycles. The lowest BCUT2D eigenvalue weighted by Gasteiger charge is -2.26. The zero-order valence-corrected chi connectivity index (χ0v) is 19.5. The first kappa shape index (κ1) is 22.2. The van der Waals surface area contributed by atoms with Gasteiger partial charge in [0.1, 0.15) is 0 Å². The maximum Gasteiger partial charge on any atom is 0.255 e. The van der Waals surface area contributed by atoms with Gasteiger partial charge in [-0.15, -0.1) is 0 Å². The summed E-state index contributed by atoms with van der Waals surface area (Å²) in [7, 11) is -3.67. The van der Waals surface area contributed by atoms with E-state index < -0.39 is 10.0 Å². The smallest absolute Gasteiger partial charge is 0.255 e. The molecule has 0 unspecified atom stereocenters. The van der Waals surface area contributed by atoms with Gasteiger partial charge in [0, 0.05) is 37.4 Å². The minimum absolute atomic E-state index is 0.102. The van der Waals surface area contributed by atoms with E-state index in [9.17, 15) is 13.2 Å². The first-order valence-corrected chi connectivity index (χ1v) is 13.0. The summed E-state index contributed by atoms with van der Waals surface area (Å²) in [5, 5.41) is 3.82. The van der Waals surface area contributed by atoms with Crippen molar-refractivity contribution >= 4 is 48.3 Å². The van der Waals surface area contributed by atoms with Crippen LogP contribution in [0.25, 0.3) is 10.2 Å². The van der Waals surface area contributed by atoms with Crippen molar-refractivity contribution in [2.45, 2.75) is 4.90 Å². The summed E-state index contributed by atoms with van der Waals surface area (Å²) < 4.78 is 38.8. The van der Waals surface area contributed by atoms with E-state index in [1.165, 1.54) is 16.4 Å². The second kappa shape index (κ2) is 9.35. The molecule has 2 saturated heterocycles. The van der Waals surface area contributed by atoms with E-state index in [1.54, 1.807) is 29.5 Å². The highest BCUT2D eigenvalue weighted by Gasteiger charge is 2.27. The van der Waals surface area contributed by atoms with Crippen LogP contribution in [0, 0.1) is 0 Å². The van der Waals surface area contributed by atoms with Crippen LogP contribution in [0.4, 0.5) is 10.8 Å². The van der Waals surface area contributed by atoms with Crippen LogP contribution in [0.5, 0.6) is 0 Å². The van der Waals surface area contributed by atoms with E-state index in [2.05, 4.69) is 10.2 Å². The number of rotatable bonds is 5. The molecule has 2 aromatic carbocycles. The van der Waals surface area contributed by atoms with Gasteiger partial charge in [0.05, 0.1) is 41.5 Å². The van der Waals surface area contributed by atoms with Crippen molar-refractivity contribution in [3.63, 3.8) is 0 Å². The topological polar surface area (TPSA) is 101 Å². The van der Waals surface area contributed by atoms with E-state index in [0.29, 0.717) is 45.2 Å². The Morgan fingerprint density at radius 2 is 1.70 bits per heavy atom. The lowest BCUT2D eigenvalue weighted by Crippen LogP contribution is -2.40. The number of carbonyl (C=O) groups excluding carboxylic acids is 1. The number of thiazole rings is 1. The van der Waals surface area contributed by atoms with Crippen LogP contribution in [-0.4, -0.2) is 76.2 Å². The standard InChI is InChI=1S/C22H24N4O5S2/c27-21(16-2-1-3-18(14-16)33(28,29)26-8-12-31-13-9-26)23-17-4-5-19-20(15-17)32-22(24-19)25-6-10-30-11-7-25/h1-5,14-15H,6-13H2,(H,23,27). The highest BCUT2D eigenvalue weighted by Crippen LogP contribution is 2.31. The van der Waals surface area contributed by atoms with Gasteiger partial charge < -0.3 is 19.7 Å². The Morgan fingerprint density at radius 1 is 0.970 bits per heavy atom. The van der Waals surface area contributed by atoms with Gasteiger partial charge in [0.15, 0.2) is 5.13 Å². The summed E-state index contributed by atoms with van der Waals surface area (Å²) in [6.45, 7) is 4.36. The number of hydrogen-bond acceptors (Lipinski definition) is 8. The van der Waals surface area contributed by atoms with Gasteiger partial charge in [-0.3, -0.25) is 4.79 Å². The molecule has 0 saturated carbocycles. The molecular formula is C22H24N4O5S2. The number of amides is 1. The van der Waals surface area contributed by atoms with Crippen LogP contribution < -0.4 is 10.2 Å². The minimum atomic E-state index is -3.67. The fraction of sp³-hybridized carbons (Fsp3) is 0.364. The number of hydrogen-bond donors (Lipinski definition) is 1. The van der Waals surface area contributed by atoms with Crippen molar-refractivity contribution < 1.29 is 22.7 Å². The molecular weight excluding hydrogens is 464 g/mol. The molecule has 0 radical (unpaired) electrons. The highest BCUT2D eigenvalue weighted by atomic mass is 32.2. The molecule has 0 atom stereocenters. The quantitative estimate of drug-likeness (QED) is 0.589. The Bertz CT molecular complexity index is 1260. The van der Waals surface area contributed by atoms with Gasteiger partial charge in [-0.05, 0) is 36.4 Å². The molecule has 11 heteroatoms. The van der Waals surface area contributed by atoms with Crippen LogP contribution in [-0.2, 0) is 19.5 Å². The summed E-state index contributed by atoms with van der Waals surface area (Å²) >= 11 is 1.58. The third-order valence-corrected chi connectivity index (χ3v) is 8.59. The van der Waals surface area contributed by atoms with Gasteiger partial charge in [-0.2, -0.15) is 4.31 Å². The Balaban J connectivity index is 1.33. The summed E-state index contributed by atoms with van der Waals surface area (Å²) in [4.78, 5) is 19.9. The number of anilines is 2. The molecule has 3 heterocycles. The number of ether oxygens (including phenoxy) is 2. The Labute approximate surface area is 196 Å². The summed E-state index contributed by atoms with van der Waals surface area (Å²) in [6.07, 6.45) is 0. The number of fused-ring (bicyclic) bond motifs is 1. The maximum absolute atomic E-state index is 12.9. The average molecular weight is 489 g/mol. The molecule has 3 aromatic rings. The summed E-state index contributed by atoms with van der Waals surface area (Å²) in [5.41, 5.74) is 1.78. The zero-order chi connectivity index (χ0) is 22.8. The molecule has 174 valence electrons. The molecule has 5 rings (SSSR count). The minimum Gasteiger partial charge on any atom is -0.379 e. The lowest BCUT2D eigenvalue weighted by atomic mass is 10.2. The molecule has 2 aliphatic rings. The fourth-order valence-electron chi connectivity index (χ4n) is 3.82. The monoisotopic (exact) mass is 488 g/mol. The van der Waals surface area contributed by atoms with Crippen LogP contribution in [0.2, 0.25) is 0 Å². The maximum atomic E-state index is 12.9. The van der Waals surface area contributed by atoms with E-state index in [0.717, 1.165) is 28.4 Å². The van der Waals surface area contributed by atoms with Crippen molar-refractivity contribution in [3.05, 3.63) is 48.0 Å². The summed E-state index contributed by atoms with van der Waals surface area (Å²) in [5.74, 6) is -0.369. The van der Waals surface area contributed by atoms with Gasteiger partial charge in [-0.25, -0.2) is 13.4 Å². The molecule has 0 bridgehead atoms. The third-order valence-electron chi connectivity index (χ3n) is 5.62. The Hall–Kier alpha value is -2.57. The van der Waals surface area contributed by atoms with Crippen molar-refractivity contribution in [1.29, 1.82) is 0 Å². The molecule has 0 aliphatic carbocycles. The molecule has 1 amide bonds. The number of carbonyl (C=O) groups is 1. The van der Waals surface area contributed by atoms with Crippen molar-refractivity contribution in [1.82, 2.24) is 9.29 Å². The second-order valence-corrected chi connectivity index (χ2v) is 10.7. The van der Waals surface area contributed by atoms with Crippen molar-refractivity contribution in [2.75, 3.05) is 62.8 Å². The second-order valence-electron chi connectivity index (χ2n) is 7.78. The number of benzene rings is 2. The Morgan fingerprint density at radius 3 is 2.45 bits per heavy atom. The van der Waals surface area contributed by atoms with Gasteiger partial charge in [-0.1, -0.05) is 17.4 Å². The number of nitrogens with one attached hydrogen (secondary N) is 1. The van der Waals surface area contributed by atoms with E-state index in [-0.39, 0.29) is 16.4 Å². The largest absolute Gasteiger partial charge is 0.379 e. The molecule has 1 N–H and O–H groups in total. The van der Waals surface area contributed by atoms with E-state index in [1.807, 2.05) is 12.1 Å². The summed E-state index contributed by atoms with van der Waals surface area (Å²) in [6, 6.07) is 11.7. The SMILES string of the molecule is O=C(Nc1ccc2nc(N3CCOCC3)sc2c1)c1cccc(S(=O)(=O)N2CCOCC2)c1. The van der Waals surface area contributed by atoms with Crippen molar-refractivity contribution in [3.8, 4) is 0 Å². The first-order chi connectivity index (χ1) is 16.0. The normalized spacial score (nSPS) is 17.9. The number of sulfonamides is 1. The van der Waals surface area contributed by atoms with Crippen LogP contribution >= 0.6 is 11.3 Å². The van der Waals surface area contributed by atoms with Crippen molar-refractivity contribution in [2.24, 2.45) is 0 Å². The molecule has 1 aromatic heterocycles. The number of aromatic nitrogens is 1.